The van der Waals surface area contributed by atoms with Crippen LogP contribution in [0.25, 0.3) is 0 Å². The number of sulfonamides is 1. The molecule has 0 radical (unpaired) electrons. The number of amides is 1. The van der Waals surface area contributed by atoms with E-state index in [0.717, 1.165) is 22.3 Å². The molecule has 2 aliphatic rings. The fourth-order valence-electron chi connectivity index (χ4n) is 5.40. The monoisotopic (exact) mass is 621 g/mol. The molecule has 1 amide bonds. The van der Waals surface area contributed by atoms with Crippen LogP contribution in [-0.2, 0) is 21.2 Å². The zero-order valence-corrected chi connectivity index (χ0v) is 26.8. The summed E-state index contributed by atoms with van der Waals surface area (Å²) < 4.78 is 35.1. The molecule has 2 unspecified atom stereocenters. The van der Waals surface area contributed by atoms with Gasteiger partial charge >= 0.3 is 0 Å². The van der Waals surface area contributed by atoms with Gasteiger partial charge in [-0.05, 0) is 67.2 Å². The maximum absolute atomic E-state index is 14.0. The molecule has 0 fully saturated rings. The molecule has 2 atom stereocenters. The minimum atomic E-state index is -3.95. The van der Waals surface area contributed by atoms with E-state index in [1.54, 1.807) is 31.3 Å². The van der Waals surface area contributed by atoms with E-state index in [2.05, 4.69) is 15.6 Å². The summed E-state index contributed by atoms with van der Waals surface area (Å²) in [6.07, 6.45) is 4.50. The Balaban J connectivity index is 1.52. The SMILES string of the molecule is CNC1=CC2=CC=C(S(=O)(=O)N(CC(C)C)CC(O)C(Cc3ccccc3)NC(=O)COc3c(C)cc(N)cc3C)CC2=N1. The molecule has 10 nitrogen and oxygen atoms in total. The van der Waals surface area contributed by atoms with Crippen molar-refractivity contribution in [3.05, 3.63) is 93.7 Å². The fourth-order valence-corrected chi connectivity index (χ4v) is 7.13. The highest BCUT2D eigenvalue weighted by Crippen LogP contribution is 2.29. The van der Waals surface area contributed by atoms with Crippen LogP contribution >= 0.6 is 0 Å². The molecule has 1 heterocycles. The number of ether oxygens (including phenoxy) is 1. The number of nitrogens with zero attached hydrogens (tertiary/aromatic N) is 2. The van der Waals surface area contributed by atoms with Crippen molar-refractivity contribution in [2.45, 2.75) is 52.7 Å². The number of benzene rings is 2. The van der Waals surface area contributed by atoms with Crippen LogP contribution in [-0.4, -0.2) is 68.3 Å². The number of hydrogen-bond acceptors (Lipinski definition) is 8. The number of fused-ring (bicyclic) bond motifs is 1. The zero-order chi connectivity index (χ0) is 32.0. The number of hydrogen-bond donors (Lipinski definition) is 4. The topological polar surface area (TPSA) is 146 Å². The van der Waals surface area contributed by atoms with E-state index in [9.17, 15) is 18.3 Å². The Morgan fingerprint density at radius 3 is 2.43 bits per heavy atom. The summed E-state index contributed by atoms with van der Waals surface area (Å²) in [7, 11) is -2.19. The zero-order valence-electron chi connectivity index (χ0n) is 26.0. The lowest BCUT2D eigenvalue weighted by Crippen LogP contribution is -2.52. The second kappa shape index (κ2) is 14.2. The first-order chi connectivity index (χ1) is 20.9. The smallest absolute Gasteiger partial charge is 0.258 e. The number of aliphatic imine (C=N–C) groups is 1. The molecular formula is C33H43N5O5S. The second-order valence-corrected chi connectivity index (χ2v) is 13.7. The first-order valence-corrected chi connectivity index (χ1v) is 16.2. The average molecular weight is 622 g/mol. The Hall–Kier alpha value is -3.93. The van der Waals surface area contributed by atoms with E-state index < -0.39 is 28.1 Å². The summed E-state index contributed by atoms with van der Waals surface area (Å²) in [6.45, 7) is 7.29. The molecule has 236 valence electrons. The molecule has 5 N–H and O–H groups in total. The van der Waals surface area contributed by atoms with Crippen molar-refractivity contribution in [3.8, 4) is 5.75 Å². The van der Waals surface area contributed by atoms with Gasteiger partial charge in [-0.2, -0.15) is 4.31 Å². The minimum Gasteiger partial charge on any atom is -0.483 e. The van der Waals surface area contributed by atoms with E-state index in [1.165, 1.54) is 4.31 Å². The fraction of sp³-hybridized carbons (Fsp3) is 0.394. The summed E-state index contributed by atoms with van der Waals surface area (Å²) in [5.41, 5.74) is 10.6. The lowest BCUT2D eigenvalue weighted by atomic mass is 10.0. The Kier molecular flexibility index (Phi) is 10.7. The van der Waals surface area contributed by atoms with Gasteiger partial charge in [0.25, 0.3) is 5.91 Å². The standard InChI is InChI=1S/C33H43N5O5S/c1-21(2)18-38(44(41,42)27-12-11-25-16-31(35-5)36-28(25)17-27)19-30(39)29(15-24-9-7-6-8-10-24)37-32(40)20-43-33-22(3)13-26(34)14-23(33)4/h6-14,16,21,29-30,35,39H,15,17-20,34H2,1-5H3,(H,37,40). The molecule has 0 aromatic heterocycles. The highest BCUT2D eigenvalue weighted by atomic mass is 32.2. The lowest BCUT2D eigenvalue weighted by Gasteiger charge is -2.31. The molecule has 0 spiro atoms. The van der Waals surface area contributed by atoms with Crippen LogP contribution in [0.5, 0.6) is 5.75 Å². The van der Waals surface area contributed by atoms with Crippen LogP contribution in [0.3, 0.4) is 0 Å². The van der Waals surface area contributed by atoms with Crippen molar-refractivity contribution in [3.63, 3.8) is 0 Å². The van der Waals surface area contributed by atoms with Crippen molar-refractivity contribution in [2.24, 2.45) is 10.9 Å². The first kappa shape index (κ1) is 33.0. The summed E-state index contributed by atoms with van der Waals surface area (Å²) in [5.74, 6) is 0.817. The lowest BCUT2D eigenvalue weighted by molar-refractivity contribution is -0.124. The molecule has 0 saturated carbocycles. The molecule has 0 bridgehead atoms. The van der Waals surface area contributed by atoms with E-state index in [-0.39, 0.29) is 36.9 Å². The molecule has 1 aliphatic heterocycles. The van der Waals surface area contributed by atoms with Crippen LogP contribution < -0.4 is 21.1 Å². The molecular weight excluding hydrogens is 578 g/mol. The molecule has 11 heteroatoms. The predicted molar refractivity (Wildman–Crippen MR) is 175 cm³/mol. The van der Waals surface area contributed by atoms with Gasteiger partial charge in [-0.1, -0.05) is 50.3 Å². The summed E-state index contributed by atoms with van der Waals surface area (Å²) >= 11 is 0. The van der Waals surface area contributed by atoms with Crippen molar-refractivity contribution in [1.82, 2.24) is 14.9 Å². The quantitative estimate of drug-likeness (QED) is 0.237. The Labute approximate surface area is 260 Å². The number of rotatable bonds is 14. The average Bonchev–Trinajstić information content (AvgIpc) is 3.39. The van der Waals surface area contributed by atoms with Gasteiger partial charge in [-0.15, -0.1) is 0 Å². The summed E-state index contributed by atoms with van der Waals surface area (Å²) in [4.78, 5) is 17.8. The molecule has 4 rings (SSSR count). The van der Waals surface area contributed by atoms with Gasteiger partial charge in [-0.3, -0.25) is 4.79 Å². The van der Waals surface area contributed by atoms with Crippen molar-refractivity contribution < 1.29 is 23.1 Å². The normalized spacial score (nSPS) is 16.0. The molecule has 2 aromatic rings. The maximum atomic E-state index is 14.0. The number of anilines is 1. The number of aliphatic hydroxyl groups excluding tert-OH is 1. The van der Waals surface area contributed by atoms with Gasteiger partial charge in [-0.25, -0.2) is 13.4 Å². The minimum absolute atomic E-state index is 0.00407. The predicted octanol–water partition coefficient (Wildman–Crippen LogP) is 3.37. The van der Waals surface area contributed by atoms with E-state index in [4.69, 9.17) is 10.5 Å². The van der Waals surface area contributed by atoms with Crippen LogP contribution in [0.15, 0.2) is 82.0 Å². The Morgan fingerprint density at radius 2 is 1.80 bits per heavy atom. The number of carbonyl (C=O) groups is 1. The summed E-state index contributed by atoms with van der Waals surface area (Å²) in [5, 5.41) is 17.4. The number of aryl methyl sites for hydroxylation is 2. The number of allylic oxidation sites excluding steroid dienone is 5. The van der Waals surface area contributed by atoms with Crippen molar-refractivity contribution >= 4 is 27.3 Å². The van der Waals surface area contributed by atoms with E-state index in [1.807, 2.05) is 64.1 Å². The van der Waals surface area contributed by atoms with Crippen LogP contribution in [0.2, 0.25) is 0 Å². The van der Waals surface area contributed by atoms with Gasteiger partial charge in [0.05, 0.1) is 22.8 Å². The number of nitrogens with two attached hydrogens (primary N) is 1. The van der Waals surface area contributed by atoms with E-state index in [0.29, 0.717) is 29.4 Å². The third kappa shape index (κ3) is 8.16. The second-order valence-electron chi connectivity index (χ2n) is 11.7. The highest BCUT2D eigenvalue weighted by Gasteiger charge is 2.34. The number of nitrogen functional groups attached to an aromatic ring is 1. The highest BCUT2D eigenvalue weighted by molar-refractivity contribution is 7.93. The maximum Gasteiger partial charge on any atom is 0.258 e. The van der Waals surface area contributed by atoms with Crippen LogP contribution in [0.1, 0.15) is 37.0 Å². The van der Waals surface area contributed by atoms with Gasteiger partial charge < -0.3 is 26.2 Å². The van der Waals surface area contributed by atoms with Gasteiger partial charge in [0.2, 0.25) is 10.0 Å². The van der Waals surface area contributed by atoms with E-state index >= 15 is 0 Å². The number of aliphatic hydroxyl groups is 1. The Bertz CT molecular complexity index is 1570. The van der Waals surface area contributed by atoms with Gasteiger partial charge in [0.1, 0.15) is 11.6 Å². The molecule has 44 heavy (non-hydrogen) atoms. The molecule has 0 saturated heterocycles. The van der Waals surface area contributed by atoms with Gasteiger partial charge in [0.15, 0.2) is 6.61 Å². The van der Waals surface area contributed by atoms with Crippen LogP contribution in [0, 0.1) is 19.8 Å². The largest absolute Gasteiger partial charge is 0.483 e. The van der Waals surface area contributed by atoms with Gasteiger partial charge in [0, 0.05) is 37.8 Å². The number of carbonyl (C=O) groups excluding carboxylic acids is 1. The van der Waals surface area contributed by atoms with Crippen molar-refractivity contribution in [1.29, 1.82) is 0 Å². The number of nitrogens with one attached hydrogen (secondary N) is 2. The van der Waals surface area contributed by atoms with Crippen molar-refractivity contribution in [2.75, 3.05) is 32.5 Å². The van der Waals surface area contributed by atoms with Crippen LogP contribution in [0.4, 0.5) is 5.69 Å². The molecule has 1 aliphatic carbocycles. The Morgan fingerprint density at radius 1 is 1.11 bits per heavy atom. The summed E-state index contributed by atoms with van der Waals surface area (Å²) in [6, 6.07) is 12.2. The third-order valence-electron chi connectivity index (χ3n) is 7.50. The third-order valence-corrected chi connectivity index (χ3v) is 9.42. The first-order valence-electron chi connectivity index (χ1n) is 14.8. The molecule has 2 aromatic carbocycles.